The van der Waals surface area contributed by atoms with Crippen LogP contribution < -0.4 is 0 Å². The summed E-state index contributed by atoms with van der Waals surface area (Å²) < 4.78 is 0. The van der Waals surface area contributed by atoms with Gasteiger partial charge in [0, 0.05) is 6.54 Å². The Balaban J connectivity index is 2.80. The standard InChI is InChI=1S/C13H21N/c1-11(2)9-12-7-5-6-8-13(12)10-14(3)4/h5-8,11H,9-10H2,1-4H3. The molecule has 0 radical (unpaired) electrons. The van der Waals surface area contributed by atoms with Crippen molar-refractivity contribution in [3.63, 3.8) is 0 Å². The molecule has 1 heteroatoms. The molecule has 1 aromatic rings. The highest BCUT2D eigenvalue weighted by Crippen LogP contribution is 2.14. The first-order valence-corrected chi connectivity index (χ1v) is 5.31. The second-order valence-electron chi connectivity index (χ2n) is 4.60. The molecule has 1 aromatic carbocycles. The number of hydrogen-bond donors (Lipinski definition) is 0. The highest BCUT2D eigenvalue weighted by Gasteiger charge is 2.04. The number of benzene rings is 1. The fourth-order valence-corrected chi connectivity index (χ4v) is 1.69. The van der Waals surface area contributed by atoms with Gasteiger partial charge >= 0.3 is 0 Å². The molecular weight excluding hydrogens is 170 g/mol. The van der Waals surface area contributed by atoms with Crippen molar-refractivity contribution >= 4 is 0 Å². The summed E-state index contributed by atoms with van der Waals surface area (Å²) in [4.78, 5) is 2.22. The fourth-order valence-electron chi connectivity index (χ4n) is 1.69. The molecule has 0 bridgehead atoms. The monoisotopic (exact) mass is 191 g/mol. The third-order valence-electron chi connectivity index (χ3n) is 2.23. The SMILES string of the molecule is CC(C)Cc1ccccc1CN(C)C. The van der Waals surface area contributed by atoms with Gasteiger partial charge in [0.25, 0.3) is 0 Å². The zero-order valence-corrected chi connectivity index (χ0v) is 9.75. The van der Waals surface area contributed by atoms with Crippen LogP contribution in [0.2, 0.25) is 0 Å². The van der Waals surface area contributed by atoms with Crippen molar-refractivity contribution in [3.8, 4) is 0 Å². The maximum Gasteiger partial charge on any atom is 0.0230 e. The first kappa shape index (κ1) is 11.3. The van der Waals surface area contributed by atoms with Crippen LogP contribution in [0, 0.1) is 5.92 Å². The maximum atomic E-state index is 2.27. The minimum atomic E-state index is 0.735. The lowest BCUT2D eigenvalue weighted by atomic mass is 9.98. The zero-order valence-electron chi connectivity index (χ0n) is 9.75. The summed E-state index contributed by atoms with van der Waals surface area (Å²) in [5, 5.41) is 0. The first-order chi connectivity index (χ1) is 6.59. The summed E-state index contributed by atoms with van der Waals surface area (Å²) in [6.45, 7) is 5.59. The molecule has 14 heavy (non-hydrogen) atoms. The van der Waals surface area contributed by atoms with Gasteiger partial charge in [-0.2, -0.15) is 0 Å². The average Bonchev–Trinajstić information content (AvgIpc) is 2.06. The number of nitrogens with zero attached hydrogens (tertiary/aromatic N) is 1. The van der Waals surface area contributed by atoms with Crippen molar-refractivity contribution < 1.29 is 0 Å². The Labute approximate surface area is 87.7 Å². The van der Waals surface area contributed by atoms with Crippen molar-refractivity contribution in [2.24, 2.45) is 5.92 Å². The predicted molar refractivity (Wildman–Crippen MR) is 62.4 cm³/mol. The first-order valence-electron chi connectivity index (χ1n) is 5.31. The van der Waals surface area contributed by atoms with Crippen LogP contribution in [0.15, 0.2) is 24.3 Å². The zero-order chi connectivity index (χ0) is 10.6. The minimum Gasteiger partial charge on any atom is -0.305 e. The molecule has 0 fully saturated rings. The molecule has 0 heterocycles. The van der Waals surface area contributed by atoms with Gasteiger partial charge in [0.1, 0.15) is 0 Å². The van der Waals surface area contributed by atoms with Crippen LogP contribution >= 0.6 is 0 Å². The van der Waals surface area contributed by atoms with Crippen molar-refractivity contribution in [2.75, 3.05) is 14.1 Å². The second-order valence-corrected chi connectivity index (χ2v) is 4.60. The molecule has 0 atom stereocenters. The van der Waals surface area contributed by atoms with E-state index in [1.54, 1.807) is 0 Å². The molecule has 0 unspecified atom stereocenters. The van der Waals surface area contributed by atoms with Crippen molar-refractivity contribution in [1.29, 1.82) is 0 Å². The average molecular weight is 191 g/mol. The van der Waals surface area contributed by atoms with E-state index in [4.69, 9.17) is 0 Å². The van der Waals surface area contributed by atoms with E-state index >= 15 is 0 Å². The van der Waals surface area contributed by atoms with Crippen LogP contribution in [0.5, 0.6) is 0 Å². The van der Waals surface area contributed by atoms with Crippen molar-refractivity contribution in [1.82, 2.24) is 4.90 Å². The van der Waals surface area contributed by atoms with Gasteiger partial charge in [0.05, 0.1) is 0 Å². The second kappa shape index (κ2) is 5.16. The maximum absolute atomic E-state index is 2.27. The molecule has 0 saturated carbocycles. The molecule has 0 aliphatic heterocycles. The van der Waals surface area contributed by atoms with Gasteiger partial charge in [-0.05, 0) is 37.6 Å². The van der Waals surface area contributed by atoms with Crippen LogP contribution in [-0.4, -0.2) is 19.0 Å². The quantitative estimate of drug-likeness (QED) is 0.707. The summed E-state index contributed by atoms with van der Waals surface area (Å²) in [6, 6.07) is 8.75. The number of rotatable bonds is 4. The lowest BCUT2D eigenvalue weighted by Gasteiger charge is -2.15. The van der Waals surface area contributed by atoms with E-state index < -0.39 is 0 Å². The fraction of sp³-hybridized carbons (Fsp3) is 0.538. The van der Waals surface area contributed by atoms with Crippen LogP contribution in [0.1, 0.15) is 25.0 Å². The molecule has 0 saturated heterocycles. The Bertz CT molecular complexity index is 247. The van der Waals surface area contributed by atoms with Crippen LogP contribution in [0.3, 0.4) is 0 Å². The Hall–Kier alpha value is -0.820. The summed E-state index contributed by atoms with van der Waals surface area (Å²) in [5.41, 5.74) is 2.96. The molecule has 0 amide bonds. The Morgan fingerprint density at radius 2 is 1.64 bits per heavy atom. The van der Waals surface area contributed by atoms with Crippen LogP contribution in [0.25, 0.3) is 0 Å². The van der Waals surface area contributed by atoms with Gasteiger partial charge in [-0.3, -0.25) is 0 Å². The third-order valence-corrected chi connectivity index (χ3v) is 2.23. The lowest BCUT2D eigenvalue weighted by Crippen LogP contribution is -2.12. The predicted octanol–water partition coefficient (Wildman–Crippen LogP) is 2.95. The number of hydrogen-bond acceptors (Lipinski definition) is 1. The molecule has 0 aromatic heterocycles. The van der Waals surface area contributed by atoms with E-state index in [1.807, 2.05) is 0 Å². The Kier molecular flexibility index (Phi) is 4.15. The summed E-state index contributed by atoms with van der Waals surface area (Å²) in [7, 11) is 4.23. The van der Waals surface area contributed by atoms with Gasteiger partial charge in [0.2, 0.25) is 0 Å². The molecule has 0 aliphatic carbocycles. The minimum absolute atomic E-state index is 0.735. The molecule has 0 N–H and O–H groups in total. The normalized spacial score (nSPS) is 11.3. The summed E-state index contributed by atoms with van der Waals surface area (Å²) >= 11 is 0. The Morgan fingerprint density at radius 3 is 2.14 bits per heavy atom. The third kappa shape index (κ3) is 3.51. The summed E-state index contributed by atoms with van der Waals surface area (Å²) in [6.07, 6.45) is 1.18. The van der Waals surface area contributed by atoms with Gasteiger partial charge in [0.15, 0.2) is 0 Å². The van der Waals surface area contributed by atoms with Gasteiger partial charge in [-0.15, -0.1) is 0 Å². The van der Waals surface area contributed by atoms with Gasteiger partial charge < -0.3 is 4.90 Å². The lowest BCUT2D eigenvalue weighted by molar-refractivity contribution is 0.400. The molecule has 0 aliphatic rings. The van der Waals surface area contributed by atoms with E-state index in [0.29, 0.717) is 0 Å². The molecule has 78 valence electrons. The van der Waals surface area contributed by atoms with Crippen LogP contribution in [0.4, 0.5) is 0 Å². The molecular formula is C13H21N. The van der Waals surface area contributed by atoms with E-state index in [0.717, 1.165) is 12.5 Å². The highest BCUT2D eigenvalue weighted by atomic mass is 15.0. The highest BCUT2D eigenvalue weighted by molar-refractivity contribution is 5.27. The molecule has 1 rings (SSSR count). The topological polar surface area (TPSA) is 3.24 Å². The van der Waals surface area contributed by atoms with E-state index in [9.17, 15) is 0 Å². The smallest absolute Gasteiger partial charge is 0.0230 e. The van der Waals surface area contributed by atoms with E-state index in [1.165, 1.54) is 17.5 Å². The Morgan fingerprint density at radius 1 is 1.07 bits per heavy atom. The van der Waals surface area contributed by atoms with Crippen molar-refractivity contribution in [3.05, 3.63) is 35.4 Å². The molecule has 0 spiro atoms. The van der Waals surface area contributed by atoms with E-state index in [2.05, 4.69) is 57.1 Å². The van der Waals surface area contributed by atoms with Crippen LogP contribution in [-0.2, 0) is 13.0 Å². The van der Waals surface area contributed by atoms with Gasteiger partial charge in [-0.25, -0.2) is 0 Å². The van der Waals surface area contributed by atoms with Crippen molar-refractivity contribution in [2.45, 2.75) is 26.8 Å². The molecule has 1 nitrogen and oxygen atoms in total. The largest absolute Gasteiger partial charge is 0.305 e. The summed E-state index contributed by atoms with van der Waals surface area (Å²) in [5.74, 6) is 0.735. The van der Waals surface area contributed by atoms with Gasteiger partial charge in [-0.1, -0.05) is 38.1 Å². The van der Waals surface area contributed by atoms with E-state index in [-0.39, 0.29) is 0 Å².